The number of halogens is 1. The Balaban J connectivity index is 1.33. The molecular weight excluding hydrogens is 570 g/mol. The number of carbonyl (C=O) groups is 1. The van der Waals surface area contributed by atoms with Crippen LogP contribution in [0.5, 0.6) is 5.75 Å². The van der Waals surface area contributed by atoms with Gasteiger partial charge in [0.1, 0.15) is 36.9 Å². The predicted octanol–water partition coefficient (Wildman–Crippen LogP) is 3.74. The van der Waals surface area contributed by atoms with E-state index >= 15 is 4.39 Å². The monoisotopic (exact) mass is 598 g/mol. The lowest BCUT2D eigenvalue weighted by atomic mass is 10.2. The number of nitrogen functional groups attached to an aromatic ring is 1. The first kappa shape index (κ1) is 29.1. The SMILES string of the molecule is C=CC12OC(COP(=O)(N[C@@H](C)C(=O)OCc3ccccc3)Oc3ccccc3)=C(O)C1(F)[C@@H]2n1ccc(N)nc1=O. The van der Waals surface area contributed by atoms with E-state index in [-0.39, 0.29) is 18.2 Å². The number of carbonyl (C=O) groups excluding carboxylic acids is 1. The van der Waals surface area contributed by atoms with Crippen LogP contribution in [-0.2, 0) is 30.0 Å². The molecule has 2 aliphatic rings. The number of nitrogens with one attached hydrogen (secondary N) is 1. The number of hydrogen-bond acceptors (Lipinski definition) is 10. The Kier molecular flexibility index (Phi) is 7.67. The molecule has 3 unspecified atom stereocenters. The second-order valence-corrected chi connectivity index (χ2v) is 11.3. The van der Waals surface area contributed by atoms with Crippen molar-refractivity contribution in [2.75, 3.05) is 12.3 Å². The van der Waals surface area contributed by atoms with Crippen molar-refractivity contribution in [3.63, 3.8) is 0 Å². The highest BCUT2D eigenvalue weighted by molar-refractivity contribution is 7.52. The number of benzene rings is 2. The van der Waals surface area contributed by atoms with Crippen LogP contribution in [0.2, 0.25) is 0 Å². The molecule has 2 heterocycles. The number of aliphatic hydroxyl groups excluding tert-OH is 1. The number of fused-ring (bicyclic) bond motifs is 1. The van der Waals surface area contributed by atoms with Crippen molar-refractivity contribution in [3.05, 3.63) is 113 Å². The van der Waals surface area contributed by atoms with Crippen molar-refractivity contribution in [2.24, 2.45) is 0 Å². The predicted molar refractivity (Wildman–Crippen MR) is 149 cm³/mol. The first-order valence-electron chi connectivity index (χ1n) is 12.8. The molecule has 0 spiro atoms. The molecule has 4 N–H and O–H groups in total. The van der Waals surface area contributed by atoms with E-state index in [0.717, 1.165) is 16.2 Å². The molecule has 220 valence electrons. The molecule has 1 aromatic heterocycles. The van der Waals surface area contributed by atoms with E-state index in [9.17, 15) is 19.3 Å². The fraction of sp³-hybridized carbons (Fsp3) is 0.250. The maximum Gasteiger partial charge on any atom is 0.459 e. The van der Waals surface area contributed by atoms with Gasteiger partial charge in [0.15, 0.2) is 17.1 Å². The van der Waals surface area contributed by atoms with Gasteiger partial charge in [-0.25, -0.2) is 13.8 Å². The third-order valence-corrected chi connectivity index (χ3v) is 8.49. The van der Waals surface area contributed by atoms with Crippen LogP contribution in [0.1, 0.15) is 18.5 Å². The van der Waals surface area contributed by atoms with Crippen molar-refractivity contribution in [1.29, 1.82) is 0 Å². The summed E-state index contributed by atoms with van der Waals surface area (Å²) in [7, 11) is -4.37. The molecule has 0 amide bonds. The lowest BCUT2D eigenvalue weighted by Crippen LogP contribution is -2.35. The number of hydrogen-bond donors (Lipinski definition) is 3. The van der Waals surface area contributed by atoms with Crippen LogP contribution in [-0.4, -0.2) is 44.5 Å². The highest BCUT2D eigenvalue weighted by Crippen LogP contribution is 2.71. The standard InChI is InChI=1S/C28H28FN4O8P/c1-3-27-25(33-15-14-22(30)31-26(33)36)28(27,29)23(34)21(40-27)17-39-42(37,41-20-12-8-5-9-13-20)32-18(2)24(35)38-16-19-10-6-4-7-11-19/h3-15,18,25,34H,1,16-17H2,2H3,(H,32,37)(H2,30,31,36)/t18-,25+,27?,28?,42?/m0/s1. The van der Waals surface area contributed by atoms with Gasteiger partial charge in [-0.05, 0) is 36.8 Å². The van der Waals surface area contributed by atoms with Crippen LogP contribution in [0.4, 0.5) is 10.2 Å². The van der Waals surface area contributed by atoms with Crippen LogP contribution in [0.3, 0.4) is 0 Å². The molecule has 0 radical (unpaired) electrons. The first-order valence-corrected chi connectivity index (χ1v) is 14.3. The largest absolute Gasteiger partial charge is 0.506 e. The molecule has 1 saturated carbocycles. The fourth-order valence-corrected chi connectivity index (χ4v) is 6.18. The second-order valence-electron chi connectivity index (χ2n) is 9.65. The summed E-state index contributed by atoms with van der Waals surface area (Å²) < 4.78 is 53.1. The van der Waals surface area contributed by atoms with Gasteiger partial charge >= 0.3 is 19.4 Å². The van der Waals surface area contributed by atoms with E-state index in [1.807, 2.05) is 6.07 Å². The zero-order valence-corrected chi connectivity index (χ0v) is 23.3. The number of esters is 1. The van der Waals surface area contributed by atoms with Gasteiger partial charge in [-0.15, -0.1) is 0 Å². The average Bonchev–Trinajstić information content (AvgIpc) is 3.43. The Morgan fingerprint density at radius 1 is 1.24 bits per heavy atom. The van der Waals surface area contributed by atoms with Gasteiger partial charge in [0.05, 0.1) is 0 Å². The van der Waals surface area contributed by atoms with Crippen molar-refractivity contribution in [3.8, 4) is 5.75 Å². The minimum atomic E-state index is -4.37. The normalized spacial score (nSPS) is 24.6. The number of para-hydroxylation sites is 1. The van der Waals surface area contributed by atoms with Gasteiger partial charge in [0.2, 0.25) is 5.67 Å². The lowest BCUT2D eigenvalue weighted by Gasteiger charge is -2.24. The molecule has 3 aromatic rings. The van der Waals surface area contributed by atoms with E-state index in [4.69, 9.17) is 24.3 Å². The Labute approximate surface area is 239 Å². The molecule has 0 bridgehead atoms. The van der Waals surface area contributed by atoms with Crippen LogP contribution in [0.25, 0.3) is 0 Å². The van der Waals surface area contributed by atoms with Crippen LogP contribution in [0, 0.1) is 0 Å². The molecule has 12 nitrogen and oxygen atoms in total. The number of rotatable bonds is 12. The number of nitrogens with zero attached hydrogens (tertiary/aromatic N) is 2. The Hall–Kier alpha value is -4.45. The smallest absolute Gasteiger partial charge is 0.459 e. The zero-order chi connectivity index (χ0) is 30.1. The average molecular weight is 599 g/mol. The molecule has 1 fully saturated rings. The number of alkyl halides is 1. The quantitative estimate of drug-likeness (QED) is 0.158. The summed E-state index contributed by atoms with van der Waals surface area (Å²) in [5, 5.41) is 13.3. The number of anilines is 1. The number of aromatic nitrogens is 2. The molecule has 1 aliphatic heterocycles. The van der Waals surface area contributed by atoms with Crippen LogP contribution >= 0.6 is 7.75 Å². The maximum atomic E-state index is 16.2. The van der Waals surface area contributed by atoms with E-state index in [0.29, 0.717) is 0 Å². The maximum absolute atomic E-state index is 16.2. The number of nitrogens with two attached hydrogens (primary N) is 1. The van der Waals surface area contributed by atoms with Gasteiger partial charge in [-0.3, -0.25) is 13.9 Å². The molecule has 5 atom stereocenters. The summed E-state index contributed by atoms with van der Waals surface area (Å²) >= 11 is 0. The van der Waals surface area contributed by atoms with Crippen molar-refractivity contribution >= 4 is 19.5 Å². The highest BCUT2D eigenvalue weighted by Gasteiger charge is 2.88. The van der Waals surface area contributed by atoms with Crippen LogP contribution in [0.15, 0.2) is 102 Å². The third kappa shape index (κ3) is 5.18. The second kappa shape index (κ2) is 11.1. The fourth-order valence-electron chi connectivity index (χ4n) is 4.73. The van der Waals surface area contributed by atoms with Crippen molar-refractivity contribution in [2.45, 2.75) is 36.9 Å². The van der Waals surface area contributed by atoms with Crippen LogP contribution < -0.4 is 21.0 Å². The van der Waals surface area contributed by atoms with Gasteiger partial charge < -0.3 is 24.8 Å². The third-order valence-electron chi connectivity index (χ3n) is 6.87. The molecule has 42 heavy (non-hydrogen) atoms. The molecule has 5 rings (SSSR count). The minimum Gasteiger partial charge on any atom is -0.506 e. The van der Waals surface area contributed by atoms with Crippen molar-refractivity contribution < 1.29 is 37.4 Å². The number of ether oxygens (including phenoxy) is 2. The lowest BCUT2D eigenvalue weighted by molar-refractivity contribution is -0.146. The Morgan fingerprint density at radius 3 is 2.52 bits per heavy atom. The molecular formula is C28H28FN4O8P. The molecule has 14 heteroatoms. The Bertz CT molecular complexity index is 1640. The summed E-state index contributed by atoms with van der Waals surface area (Å²) in [4.78, 5) is 28.6. The summed E-state index contributed by atoms with van der Waals surface area (Å²) in [6.07, 6.45) is 2.35. The summed E-state index contributed by atoms with van der Waals surface area (Å²) in [6.45, 7) is 4.28. The topological polar surface area (TPSA) is 164 Å². The summed E-state index contributed by atoms with van der Waals surface area (Å²) in [5.74, 6) is -1.93. The first-order chi connectivity index (χ1) is 20.0. The van der Waals surface area contributed by atoms with Gasteiger partial charge in [-0.1, -0.05) is 55.1 Å². The van der Waals surface area contributed by atoms with E-state index in [2.05, 4.69) is 16.7 Å². The summed E-state index contributed by atoms with van der Waals surface area (Å²) in [5.41, 5.74) is 0.992. The van der Waals surface area contributed by atoms with Gasteiger partial charge in [-0.2, -0.15) is 10.1 Å². The van der Waals surface area contributed by atoms with E-state index in [1.165, 1.54) is 31.3 Å². The highest BCUT2D eigenvalue weighted by atomic mass is 31.2. The van der Waals surface area contributed by atoms with Gasteiger partial charge in [0.25, 0.3) is 0 Å². The number of aliphatic hydroxyl groups is 1. The van der Waals surface area contributed by atoms with E-state index < -0.39 is 60.9 Å². The zero-order valence-electron chi connectivity index (χ0n) is 22.4. The van der Waals surface area contributed by atoms with Gasteiger partial charge in [0, 0.05) is 6.20 Å². The molecule has 0 saturated heterocycles. The Morgan fingerprint density at radius 2 is 1.90 bits per heavy atom. The minimum absolute atomic E-state index is 0.0129. The van der Waals surface area contributed by atoms with Crippen molar-refractivity contribution in [1.82, 2.24) is 14.6 Å². The molecule has 1 aliphatic carbocycles. The summed E-state index contributed by atoms with van der Waals surface area (Å²) in [6, 6.07) is 15.8. The molecule has 2 aromatic carbocycles. The van der Waals surface area contributed by atoms with E-state index in [1.54, 1.807) is 42.5 Å².